The first kappa shape index (κ1) is 16.7. The minimum absolute atomic E-state index is 0.185. The maximum absolute atomic E-state index is 13.3. The molecule has 1 fully saturated rings. The second-order valence-electron chi connectivity index (χ2n) is 6.10. The minimum Gasteiger partial charge on any atom is -0.382 e. The van der Waals surface area contributed by atoms with Gasteiger partial charge in [0.1, 0.15) is 17.0 Å². The van der Waals surface area contributed by atoms with Crippen molar-refractivity contribution in [2.24, 2.45) is 7.05 Å². The molecule has 2 aromatic heterocycles. The molecule has 0 unspecified atom stereocenters. The van der Waals surface area contributed by atoms with Gasteiger partial charge >= 0.3 is 6.18 Å². The van der Waals surface area contributed by atoms with Crippen LogP contribution in [-0.2, 0) is 18.8 Å². The first-order chi connectivity index (χ1) is 11.2. The number of nitrogens with zero attached hydrogens (tertiary/aromatic N) is 5. The van der Waals surface area contributed by atoms with E-state index in [0.717, 1.165) is 6.07 Å². The van der Waals surface area contributed by atoms with Gasteiger partial charge in [-0.1, -0.05) is 0 Å². The molecule has 130 valence electrons. The molecule has 0 atom stereocenters. The van der Waals surface area contributed by atoms with Gasteiger partial charge in [-0.3, -0.25) is 0 Å². The zero-order chi connectivity index (χ0) is 17.5. The third-order valence-corrected chi connectivity index (χ3v) is 4.33. The van der Waals surface area contributed by atoms with Gasteiger partial charge in [0.25, 0.3) is 0 Å². The van der Waals surface area contributed by atoms with Crippen LogP contribution in [0.4, 0.5) is 19.0 Å². The van der Waals surface area contributed by atoms with Gasteiger partial charge in [0.05, 0.1) is 5.69 Å². The lowest BCUT2D eigenvalue weighted by Crippen LogP contribution is -2.44. The lowest BCUT2D eigenvalue weighted by Gasteiger charge is -2.38. The van der Waals surface area contributed by atoms with Gasteiger partial charge in [-0.25, -0.2) is 4.98 Å². The van der Waals surface area contributed by atoms with Gasteiger partial charge in [-0.05, 0) is 13.0 Å². The number of hydrogen-bond donors (Lipinski definition) is 1. The molecular weight excluding hydrogens is 323 g/mol. The Bertz CT molecular complexity index is 735. The highest BCUT2D eigenvalue weighted by molar-refractivity contribution is 5.48. The number of alkyl halides is 3. The standard InChI is InChI=1S/C15H18F3N5O/c1-10-9-11(15(16,17)18)12(21-20-10)23-6-3-14(24,4-7-23)13-19-5-8-22(13)2/h5,8-9,24H,3-4,6-7H2,1-2H3. The highest BCUT2D eigenvalue weighted by atomic mass is 19.4. The van der Waals surface area contributed by atoms with Crippen molar-refractivity contribution in [1.29, 1.82) is 0 Å². The lowest BCUT2D eigenvalue weighted by molar-refractivity contribution is -0.137. The molecule has 3 rings (SSSR count). The van der Waals surface area contributed by atoms with Crippen LogP contribution in [0.5, 0.6) is 0 Å². The zero-order valence-corrected chi connectivity index (χ0v) is 13.4. The SMILES string of the molecule is Cc1cc(C(F)(F)F)c(N2CCC(O)(c3nccn3C)CC2)nn1. The second-order valence-corrected chi connectivity index (χ2v) is 6.10. The topological polar surface area (TPSA) is 67.1 Å². The summed E-state index contributed by atoms with van der Waals surface area (Å²) in [5, 5.41) is 18.3. The molecular formula is C15H18F3N5O. The highest BCUT2D eigenvalue weighted by Crippen LogP contribution is 2.38. The van der Waals surface area contributed by atoms with E-state index in [1.165, 1.54) is 11.8 Å². The summed E-state index contributed by atoms with van der Waals surface area (Å²) in [5.41, 5.74) is -1.73. The van der Waals surface area contributed by atoms with E-state index in [0.29, 0.717) is 5.82 Å². The van der Waals surface area contributed by atoms with Crippen LogP contribution in [0.1, 0.15) is 29.9 Å². The Labute approximate surface area is 136 Å². The highest BCUT2D eigenvalue weighted by Gasteiger charge is 2.41. The lowest BCUT2D eigenvalue weighted by atomic mass is 9.90. The Morgan fingerprint density at radius 1 is 1.21 bits per heavy atom. The molecule has 0 saturated carbocycles. The van der Waals surface area contributed by atoms with Crippen LogP contribution >= 0.6 is 0 Å². The number of halogens is 3. The summed E-state index contributed by atoms with van der Waals surface area (Å²) < 4.78 is 41.5. The molecule has 24 heavy (non-hydrogen) atoms. The van der Waals surface area contributed by atoms with Crippen molar-refractivity contribution >= 4 is 5.82 Å². The summed E-state index contributed by atoms with van der Waals surface area (Å²) in [6, 6.07) is 1.00. The minimum atomic E-state index is -4.50. The van der Waals surface area contributed by atoms with Crippen molar-refractivity contribution in [3.63, 3.8) is 0 Å². The largest absolute Gasteiger partial charge is 0.420 e. The Morgan fingerprint density at radius 3 is 2.42 bits per heavy atom. The van der Waals surface area contributed by atoms with E-state index in [2.05, 4.69) is 15.2 Å². The molecule has 1 N–H and O–H groups in total. The van der Waals surface area contributed by atoms with E-state index in [-0.39, 0.29) is 37.4 Å². The Morgan fingerprint density at radius 2 is 1.88 bits per heavy atom. The molecule has 3 heterocycles. The van der Waals surface area contributed by atoms with Crippen LogP contribution in [-0.4, -0.2) is 37.9 Å². The van der Waals surface area contributed by atoms with Crippen molar-refractivity contribution in [2.45, 2.75) is 31.5 Å². The van der Waals surface area contributed by atoms with Gasteiger partial charge in [0.2, 0.25) is 0 Å². The Hall–Kier alpha value is -2.16. The molecule has 9 heteroatoms. The van der Waals surface area contributed by atoms with Gasteiger partial charge in [-0.15, -0.1) is 5.10 Å². The van der Waals surface area contributed by atoms with Crippen LogP contribution < -0.4 is 4.90 Å². The Kier molecular flexibility index (Phi) is 3.98. The van der Waals surface area contributed by atoms with Crippen LogP contribution in [0.2, 0.25) is 0 Å². The van der Waals surface area contributed by atoms with Gasteiger partial charge < -0.3 is 14.6 Å². The predicted molar refractivity (Wildman–Crippen MR) is 80.3 cm³/mol. The fraction of sp³-hybridized carbons (Fsp3) is 0.533. The van der Waals surface area contributed by atoms with Gasteiger partial charge in [0.15, 0.2) is 5.82 Å². The number of aliphatic hydroxyl groups is 1. The van der Waals surface area contributed by atoms with Crippen LogP contribution in [0.15, 0.2) is 18.5 Å². The predicted octanol–water partition coefficient (Wildman–Crippen LogP) is 2.03. The molecule has 2 aromatic rings. The van der Waals surface area contributed by atoms with Crippen LogP contribution in [0, 0.1) is 6.92 Å². The Balaban J connectivity index is 1.84. The molecule has 1 saturated heterocycles. The van der Waals surface area contributed by atoms with E-state index >= 15 is 0 Å². The number of piperidine rings is 1. The molecule has 0 amide bonds. The number of anilines is 1. The second kappa shape index (κ2) is 5.73. The van der Waals surface area contributed by atoms with Crippen LogP contribution in [0.25, 0.3) is 0 Å². The summed E-state index contributed by atoms with van der Waals surface area (Å²) >= 11 is 0. The monoisotopic (exact) mass is 341 g/mol. The number of rotatable bonds is 2. The molecule has 6 nitrogen and oxygen atoms in total. The average Bonchev–Trinajstić information content (AvgIpc) is 2.94. The molecule has 1 aliphatic heterocycles. The van der Waals surface area contributed by atoms with Crippen molar-refractivity contribution in [2.75, 3.05) is 18.0 Å². The first-order valence-corrected chi connectivity index (χ1v) is 7.57. The summed E-state index contributed by atoms with van der Waals surface area (Å²) in [6.07, 6.45) is -0.640. The molecule has 0 spiro atoms. The van der Waals surface area contributed by atoms with E-state index in [4.69, 9.17) is 0 Å². The van der Waals surface area contributed by atoms with Crippen molar-refractivity contribution < 1.29 is 18.3 Å². The van der Waals surface area contributed by atoms with E-state index < -0.39 is 17.3 Å². The average molecular weight is 341 g/mol. The summed E-state index contributed by atoms with van der Waals surface area (Å²) in [7, 11) is 1.78. The number of hydrogen-bond acceptors (Lipinski definition) is 5. The molecule has 0 bridgehead atoms. The third-order valence-electron chi connectivity index (χ3n) is 4.33. The van der Waals surface area contributed by atoms with Crippen molar-refractivity contribution in [3.8, 4) is 0 Å². The number of aryl methyl sites for hydroxylation is 2. The number of imidazole rings is 1. The number of aromatic nitrogens is 4. The normalized spacial score (nSPS) is 18.0. The van der Waals surface area contributed by atoms with E-state index in [9.17, 15) is 18.3 Å². The molecule has 0 aliphatic carbocycles. The molecule has 0 radical (unpaired) electrons. The molecule has 1 aliphatic rings. The van der Waals surface area contributed by atoms with Crippen molar-refractivity contribution in [3.05, 3.63) is 35.5 Å². The fourth-order valence-corrected chi connectivity index (χ4v) is 3.05. The van der Waals surface area contributed by atoms with Crippen LogP contribution in [0.3, 0.4) is 0 Å². The summed E-state index contributed by atoms with van der Waals surface area (Å²) in [6.45, 7) is 1.95. The summed E-state index contributed by atoms with van der Waals surface area (Å²) in [4.78, 5) is 5.68. The summed E-state index contributed by atoms with van der Waals surface area (Å²) in [5.74, 6) is 0.336. The zero-order valence-electron chi connectivity index (χ0n) is 13.4. The third kappa shape index (κ3) is 2.95. The maximum Gasteiger partial charge on any atom is 0.420 e. The van der Waals surface area contributed by atoms with E-state index in [1.807, 2.05) is 0 Å². The van der Waals surface area contributed by atoms with E-state index in [1.54, 1.807) is 24.0 Å². The van der Waals surface area contributed by atoms with Gasteiger partial charge in [0, 0.05) is 45.4 Å². The molecule has 0 aromatic carbocycles. The maximum atomic E-state index is 13.3. The smallest absolute Gasteiger partial charge is 0.382 e. The van der Waals surface area contributed by atoms with Crippen molar-refractivity contribution in [1.82, 2.24) is 19.7 Å². The van der Waals surface area contributed by atoms with Gasteiger partial charge in [-0.2, -0.15) is 18.3 Å². The fourth-order valence-electron chi connectivity index (χ4n) is 3.05. The quantitative estimate of drug-likeness (QED) is 0.905. The first-order valence-electron chi connectivity index (χ1n) is 7.57.